The third-order valence-corrected chi connectivity index (χ3v) is 5.03. The second kappa shape index (κ2) is 5.77. The first-order chi connectivity index (χ1) is 9.28. The third-order valence-electron chi connectivity index (χ3n) is 5.03. The maximum Gasteiger partial charge on any atom is 0.248 e. The molecule has 108 valence electrons. The Labute approximate surface area is 115 Å². The summed E-state index contributed by atoms with van der Waals surface area (Å²) in [6.45, 7) is 7.86. The van der Waals surface area contributed by atoms with E-state index in [1.807, 2.05) is 4.90 Å². The van der Waals surface area contributed by atoms with Crippen molar-refractivity contribution in [1.82, 2.24) is 14.7 Å². The quantitative estimate of drug-likeness (QED) is 0.714. The van der Waals surface area contributed by atoms with Crippen LogP contribution in [0.5, 0.6) is 0 Å². The molecule has 4 saturated heterocycles. The van der Waals surface area contributed by atoms with Crippen LogP contribution < -0.4 is 0 Å². The number of nitrogens with zero attached hydrogens (tertiary/aromatic N) is 3. The number of carbonyl (C=O) groups excluding carboxylic acids is 1. The van der Waals surface area contributed by atoms with Gasteiger partial charge in [-0.05, 0) is 31.8 Å². The number of piperidine rings is 3. The van der Waals surface area contributed by atoms with Crippen molar-refractivity contribution in [2.24, 2.45) is 5.92 Å². The van der Waals surface area contributed by atoms with Crippen LogP contribution in [0.15, 0.2) is 0 Å². The van der Waals surface area contributed by atoms with Crippen LogP contribution in [0, 0.1) is 5.92 Å². The highest BCUT2D eigenvalue weighted by Crippen LogP contribution is 2.31. The van der Waals surface area contributed by atoms with E-state index < -0.39 is 0 Å². The van der Waals surface area contributed by atoms with E-state index in [2.05, 4.69) is 9.80 Å². The standard InChI is InChI=1S/C14H25N3O2/c1-19-11-14(18)17-8-6-16(7-9-17)13-10-15-4-2-12(13)3-5-15/h12-13H,2-11H2,1H3/t13-/m0/s1. The zero-order valence-corrected chi connectivity index (χ0v) is 11.9. The fraction of sp³-hybridized carbons (Fsp3) is 0.929. The summed E-state index contributed by atoms with van der Waals surface area (Å²) >= 11 is 0. The van der Waals surface area contributed by atoms with Gasteiger partial charge >= 0.3 is 0 Å². The lowest BCUT2D eigenvalue weighted by Crippen LogP contribution is -2.61. The van der Waals surface area contributed by atoms with Crippen LogP contribution >= 0.6 is 0 Å². The minimum Gasteiger partial charge on any atom is -0.375 e. The van der Waals surface area contributed by atoms with Crippen LogP contribution in [0.2, 0.25) is 0 Å². The Morgan fingerprint density at radius 1 is 1.11 bits per heavy atom. The average molecular weight is 267 g/mol. The first-order valence-electron chi connectivity index (χ1n) is 7.51. The number of hydrogen-bond acceptors (Lipinski definition) is 4. The van der Waals surface area contributed by atoms with Crippen molar-refractivity contribution in [2.75, 3.05) is 59.5 Å². The van der Waals surface area contributed by atoms with Gasteiger partial charge in [0.05, 0.1) is 0 Å². The fourth-order valence-electron chi connectivity index (χ4n) is 3.87. The highest BCUT2D eigenvalue weighted by Gasteiger charge is 2.38. The molecule has 5 heteroatoms. The smallest absolute Gasteiger partial charge is 0.248 e. The first kappa shape index (κ1) is 13.3. The topological polar surface area (TPSA) is 36.0 Å². The summed E-state index contributed by atoms with van der Waals surface area (Å²) < 4.78 is 4.93. The van der Waals surface area contributed by atoms with E-state index in [-0.39, 0.29) is 12.5 Å². The van der Waals surface area contributed by atoms with Gasteiger partial charge in [-0.3, -0.25) is 9.69 Å². The number of piperazine rings is 1. The Morgan fingerprint density at radius 3 is 2.32 bits per heavy atom. The Morgan fingerprint density at radius 2 is 1.79 bits per heavy atom. The number of carbonyl (C=O) groups is 1. The molecule has 5 nitrogen and oxygen atoms in total. The summed E-state index contributed by atoms with van der Waals surface area (Å²) in [6.07, 6.45) is 2.74. The van der Waals surface area contributed by atoms with Gasteiger partial charge in [-0.1, -0.05) is 0 Å². The number of fused-ring (bicyclic) bond motifs is 3. The molecule has 19 heavy (non-hydrogen) atoms. The van der Waals surface area contributed by atoms with E-state index in [4.69, 9.17) is 4.74 Å². The third kappa shape index (κ3) is 2.78. The van der Waals surface area contributed by atoms with Crippen LogP contribution in [-0.2, 0) is 9.53 Å². The zero-order valence-electron chi connectivity index (χ0n) is 11.9. The number of methoxy groups -OCH3 is 1. The van der Waals surface area contributed by atoms with Gasteiger partial charge in [0.1, 0.15) is 6.61 Å². The SMILES string of the molecule is COCC(=O)N1CCN([C@H]2CN3CCC2CC3)CC1. The predicted octanol–water partition coefficient (Wildman–Crippen LogP) is -0.129. The molecule has 2 bridgehead atoms. The van der Waals surface area contributed by atoms with Gasteiger partial charge in [0, 0.05) is 45.9 Å². The maximum atomic E-state index is 11.8. The van der Waals surface area contributed by atoms with Crippen molar-refractivity contribution < 1.29 is 9.53 Å². The first-order valence-corrected chi connectivity index (χ1v) is 7.51. The lowest BCUT2D eigenvalue weighted by Gasteiger charge is -2.51. The van der Waals surface area contributed by atoms with Crippen LogP contribution in [-0.4, -0.2) is 86.2 Å². The molecule has 0 aromatic rings. The van der Waals surface area contributed by atoms with Crippen LogP contribution in [0.3, 0.4) is 0 Å². The summed E-state index contributed by atoms with van der Waals surface area (Å²) in [4.78, 5) is 19.0. The Hall–Kier alpha value is -0.650. The largest absolute Gasteiger partial charge is 0.375 e. The highest BCUT2D eigenvalue weighted by molar-refractivity contribution is 5.77. The molecular weight excluding hydrogens is 242 g/mol. The van der Waals surface area contributed by atoms with Crippen LogP contribution in [0.4, 0.5) is 0 Å². The molecule has 0 aromatic carbocycles. The van der Waals surface area contributed by atoms with E-state index in [1.165, 1.54) is 32.5 Å². The molecule has 0 saturated carbocycles. The normalized spacial score (nSPS) is 35.6. The molecule has 1 amide bonds. The minimum absolute atomic E-state index is 0.135. The summed E-state index contributed by atoms with van der Waals surface area (Å²) in [7, 11) is 1.58. The second-order valence-corrected chi connectivity index (χ2v) is 6.06. The summed E-state index contributed by atoms with van der Waals surface area (Å²) in [5, 5.41) is 0. The molecule has 0 radical (unpaired) electrons. The van der Waals surface area contributed by atoms with Gasteiger partial charge < -0.3 is 14.5 Å². The molecular formula is C14H25N3O2. The Bertz CT molecular complexity index is 321. The van der Waals surface area contributed by atoms with E-state index >= 15 is 0 Å². The molecule has 0 N–H and O–H groups in total. The lowest BCUT2D eigenvalue weighted by atomic mass is 9.83. The van der Waals surface area contributed by atoms with E-state index in [9.17, 15) is 4.79 Å². The molecule has 0 aromatic heterocycles. The van der Waals surface area contributed by atoms with Crippen molar-refractivity contribution in [3.63, 3.8) is 0 Å². The van der Waals surface area contributed by atoms with E-state index in [0.717, 1.165) is 38.1 Å². The number of hydrogen-bond donors (Lipinski definition) is 0. The molecule has 1 atom stereocenters. The molecule has 0 spiro atoms. The number of ether oxygens (including phenoxy) is 1. The fourth-order valence-corrected chi connectivity index (χ4v) is 3.87. The highest BCUT2D eigenvalue weighted by atomic mass is 16.5. The zero-order chi connectivity index (χ0) is 13.2. The summed E-state index contributed by atoms with van der Waals surface area (Å²) in [5.74, 6) is 1.03. The van der Waals surface area contributed by atoms with E-state index in [1.54, 1.807) is 7.11 Å². The number of amides is 1. The van der Waals surface area contributed by atoms with Gasteiger partial charge in [0.15, 0.2) is 0 Å². The van der Waals surface area contributed by atoms with Crippen LogP contribution in [0.25, 0.3) is 0 Å². The van der Waals surface area contributed by atoms with Gasteiger partial charge in [-0.25, -0.2) is 0 Å². The molecule has 4 aliphatic heterocycles. The van der Waals surface area contributed by atoms with E-state index in [0.29, 0.717) is 0 Å². The maximum absolute atomic E-state index is 11.8. The average Bonchev–Trinajstić information content (AvgIpc) is 2.49. The molecule has 4 fully saturated rings. The molecule has 0 unspecified atom stereocenters. The van der Waals surface area contributed by atoms with Crippen molar-refractivity contribution >= 4 is 5.91 Å². The van der Waals surface area contributed by atoms with Crippen molar-refractivity contribution in [3.05, 3.63) is 0 Å². The van der Waals surface area contributed by atoms with Crippen molar-refractivity contribution in [3.8, 4) is 0 Å². The van der Waals surface area contributed by atoms with Crippen molar-refractivity contribution in [2.45, 2.75) is 18.9 Å². The van der Waals surface area contributed by atoms with Crippen molar-refractivity contribution in [1.29, 1.82) is 0 Å². The molecule has 0 aliphatic carbocycles. The van der Waals surface area contributed by atoms with Gasteiger partial charge in [-0.2, -0.15) is 0 Å². The minimum atomic E-state index is 0.135. The van der Waals surface area contributed by atoms with Gasteiger partial charge in [-0.15, -0.1) is 0 Å². The Balaban J connectivity index is 1.51. The monoisotopic (exact) mass is 267 g/mol. The lowest BCUT2D eigenvalue weighted by molar-refractivity contribution is -0.137. The molecule has 4 rings (SSSR count). The van der Waals surface area contributed by atoms with Gasteiger partial charge in [0.25, 0.3) is 0 Å². The van der Waals surface area contributed by atoms with Crippen LogP contribution in [0.1, 0.15) is 12.8 Å². The second-order valence-electron chi connectivity index (χ2n) is 6.06. The predicted molar refractivity (Wildman–Crippen MR) is 73.0 cm³/mol. The molecule has 4 heterocycles. The van der Waals surface area contributed by atoms with Gasteiger partial charge in [0.2, 0.25) is 5.91 Å². The summed E-state index contributed by atoms with van der Waals surface area (Å²) in [6, 6.07) is 0.738. The Kier molecular flexibility index (Phi) is 4.05. The number of rotatable bonds is 3. The molecule has 4 aliphatic rings. The summed E-state index contributed by atoms with van der Waals surface area (Å²) in [5.41, 5.74) is 0.